The second-order valence-corrected chi connectivity index (χ2v) is 13.6. The van der Waals surface area contributed by atoms with Gasteiger partial charge in [-0.25, -0.2) is 0 Å². The van der Waals surface area contributed by atoms with Crippen molar-refractivity contribution in [3.8, 4) is 11.5 Å². The quantitative estimate of drug-likeness (QED) is 0.0886. The molecule has 4 N–H and O–H groups in total. The first kappa shape index (κ1) is 33.2. The molecule has 12 heteroatoms. The fourth-order valence-corrected chi connectivity index (χ4v) is 7.02. The lowest BCUT2D eigenvalue weighted by Gasteiger charge is -2.28. The number of halogens is 1. The van der Waals surface area contributed by atoms with Gasteiger partial charge in [0.15, 0.2) is 11.6 Å². The van der Waals surface area contributed by atoms with Gasteiger partial charge in [0, 0.05) is 40.7 Å². The average molecular weight is 688 g/mol. The van der Waals surface area contributed by atoms with Gasteiger partial charge >= 0.3 is 0 Å². The summed E-state index contributed by atoms with van der Waals surface area (Å²) in [5.74, 6) is -1.12. The molecule has 0 spiro atoms. The van der Waals surface area contributed by atoms with E-state index in [2.05, 4.69) is 16.0 Å². The molecule has 1 amide bonds. The predicted molar refractivity (Wildman–Crippen MR) is 184 cm³/mol. The minimum Gasteiger partial charge on any atom is -0.456 e. The highest BCUT2D eigenvalue weighted by molar-refractivity contribution is 7.86. The largest absolute Gasteiger partial charge is 0.456 e. The lowest BCUT2D eigenvalue weighted by atomic mass is 9.82. The monoisotopic (exact) mass is 687 g/mol. The molecule has 4 aromatic rings. The van der Waals surface area contributed by atoms with E-state index in [1.54, 1.807) is 61.5 Å². The van der Waals surface area contributed by atoms with Gasteiger partial charge in [0.1, 0.15) is 22.3 Å². The summed E-state index contributed by atoms with van der Waals surface area (Å²) in [7, 11) is -4.61. The van der Waals surface area contributed by atoms with Crippen LogP contribution in [0.3, 0.4) is 0 Å². The molecule has 6 rings (SSSR count). The minimum atomic E-state index is -4.61. The van der Waals surface area contributed by atoms with E-state index in [-0.39, 0.29) is 47.1 Å². The van der Waals surface area contributed by atoms with Crippen molar-refractivity contribution in [1.29, 1.82) is 0 Å². The lowest BCUT2D eigenvalue weighted by molar-refractivity contribution is -0.118. The third-order valence-electron chi connectivity index (χ3n) is 8.57. The maximum absolute atomic E-state index is 14.0. The predicted octanol–water partition coefficient (Wildman–Crippen LogP) is 7.15. The van der Waals surface area contributed by atoms with E-state index in [4.69, 9.17) is 16.3 Å². The van der Waals surface area contributed by atoms with Crippen LogP contribution in [-0.2, 0) is 21.5 Å². The van der Waals surface area contributed by atoms with Crippen molar-refractivity contribution in [2.24, 2.45) is 0 Å². The molecule has 0 atom stereocenters. The zero-order valence-corrected chi connectivity index (χ0v) is 27.7. The molecule has 0 unspecified atom stereocenters. The number of alkyl halides is 1. The number of carbonyl (C=O) groups excluding carboxylic acids is 3. The smallest absolute Gasteiger partial charge is 0.298 e. The number of rotatable bonds is 10. The molecule has 0 radical (unpaired) electrons. The molecular formula is C36H34ClN3O7S. The van der Waals surface area contributed by atoms with Crippen LogP contribution < -0.4 is 20.7 Å². The molecule has 0 aromatic heterocycles. The van der Waals surface area contributed by atoms with Crippen molar-refractivity contribution in [3.05, 3.63) is 106 Å². The molecule has 2 aliphatic rings. The third-order valence-corrected chi connectivity index (χ3v) is 9.69. The van der Waals surface area contributed by atoms with E-state index in [9.17, 15) is 27.4 Å². The Kier molecular flexibility index (Phi) is 9.54. The second-order valence-electron chi connectivity index (χ2n) is 12.0. The highest BCUT2D eigenvalue weighted by Gasteiger charge is 2.34. The summed E-state index contributed by atoms with van der Waals surface area (Å²) in [6.45, 7) is 1.65. The van der Waals surface area contributed by atoms with E-state index in [1.807, 2.05) is 6.07 Å². The van der Waals surface area contributed by atoms with Gasteiger partial charge in [0.25, 0.3) is 10.1 Å². The van der Waals surface area contributed by atoms with E-state index < -0.39 is 20.9 Å². The van der Waals surface area contributed by atoms with E-state index in [1.165, 1.54) is 18.6 Å². The summed E-state index contributed by atoms with van der Waals surface area (Å²) in [5, 5.41) is 9.52. The molecule has 0 bridgehead atoms. The molecule has 0 heterocycles. The number of hydrogen-bond acceptors (Lipinski definition) is 8. The third kappa shape index (κ3) is 6.94. The van der Waals surface area contributed by atoms with Crippen molar-refractivity contribution in [2.45, 2.75) is 56.5 Å². The van der Waals surface area contributed by atoms with Crippen LogP contribution in [0.2, 0.25) is 0 Å². The number of amides is 1. The number of ketones is 2. The normalized spacial score (nSPS) is 14.6. The van der Waals surface area contributed by atoms with E-state index >= 15 is 0 Å². The topological polar surface area (TPSA) is 151 Å². The van der Waals surface area contributed by atoms with Gasteiger partial charge in [0.2, 0.25) is 5.91 Å². The Hall–Kier alpha value is -4.71. The molecule has 48 heavy (non-hydrogen) atoms. The van der Waals surface area contributed by atoms with Crippen LogP contribution in [-0.4, -0.2) is 42.4 Å². The summed E-state index contributed by atoms with van der Waals surface area (Å²) < 4.78 is 40.0. The first-order valence-corrected chi connectivity index (χ1v) is 17.6. The van der Waals surface area contributed by atoms with Gasteiger partial charge < -0.3 is 20.7 Å². The maximum Gasteiger partial charge on any atom is 0.298 e. The number of benzene rings is 4. The summed E-state index contributed by atoms with van der Waals surface area (Å²) in [6, 6.07) is 19.9. The van der Waals surface area contributed by atoms with E-state index in [0.29, 0.717) is 44.9 Å². The van der Waals surface area contributed by atoms with Crippen molar-refractivity contribution in [3.63, 3.8) is 0 Å². The Bertz CT molecular complexity index is 2040. The van der Waals surface area contributed by atoms with Crippen LogP contribution in [0, 0.1) is 6.92 Å². The average Bonchev–Trinajstić information content (AvgIpc) is 3.08. The van der Waals surface area contributed by atoms with Crippen molar-refractivity contribution >= 4 is 56.3 Å². The summed E-state index contributed by atoms with van der Waals surface area (Å²) in [6.07, 6.45) is 5.35. The summed E-state index contributed by atoms with van der Waals surface area (Å²) in [4.78, 5) is 39.6. The molecule has 2 aliphatic carbocycles. The number of aryl methyl sites for hydroxylation is 1. The van der Waals surface area contributed by atoms with Crippen LogP contribution in [0.1, 0.15) is 75.1 Å². The first-order chi connectivity index (χ1) is 23.0. The molecule has 10 nitrogen and oxygen atoms in total. The van der Waals surface area contributed by atoms with Crippen LogP contribution in [0.5, 0.6) is 11.5 Å². The fraction of sp³-hybridized carbons (Fsp3) is 0.250. The minimum absolute atomic E-state index is 0.0311. The first-order valence-electron chi connectivity index (χ1n) is 15.6. The van der Waals surface area contributed by atoms with Gasteiger partial charge in [-0.05, 0) is 67.8 Å². The van der Waals surface area contributed by atoms with Gasteiger partial charge in [-0.1, -0.05) is 49.6 Å². The molecule has 0 saturated heterocycles. The Morgan fingerprint density at radius 3 is 2.19 bits per heavy atom. The second kappa shape index (κ2) is 13.8. The number of ether oxygens (including phenoxy) is 1. The van der Waals surface area contributed by atoms with Gasteiger partial charge in [-0.2, -0.15) is 8.42 Å². The number of hydrogen-bond donors (Lipinski definition) is 4. The number of anilines is 3. The van der Waals surface area contributed by atoms with Crippen LogP contribution in [0.15, 0.2) is 77.7 Å². The molecule has 0 aliphatic heterocycles. The van der Waals surface area contributed by atoms with Gasteiger partial charge in [0.05, 0.1) is 16.8 Å². The summed E-state index contributed by atoms with van der Waals surface area (Å²) in [5.41, 5.74) is 3.85. The zero-order valence-electron chi connectivity index (χ0n) is 26.1. The molecule has 1 fully saturated rings. The van der Waals surface area contributed by atoms with Crippen LogP contribution in [0.25, 0.3) is 0 Å². The van der Waals surface area contributed by atoms with Gasteiger partial charge in [-0.15, -0.1) is 11.6 Å². The van der Waals surface area contributed by atoms with Crippen molar-refractivity contribution in [1.82, 2.24) is 5.32 Å². The Morgan fingerprint density at radius 2 is 1.52 bits per heavy atom. The maximum atomic E-state index is 14.0. The summed E-state index contributed by atoms with van der Waals surface area (Å²) >= 11 is 5.70. The van der Waals surface area contributed by atoms with Crippen LogP contribution in [0.4, 0.5) is 17.1 Å². The lowest BCUT2D eigenvalue weighted by Crippen LogP contribution is -2.27. The number of nitrogens with one attached hydrogen (secondary N) is 3. The molecular weight excluding hydrogens is 654 g/mol. The molecule has 1 saturated carbocycles. The van der Waals surface area contributed by atoms with Crippen LogP contribution >= 0.6 is 11.6 Å². The van der Waals surface area contributed by atoms with Crippen molar-refractivity contribution < 1.29 is 32.1 Å². The fourth-order valence-electron chi connectivity index (χ4n) is 6.23. The Morgan fingerprint density at radius 1 is 0.875 bits per heavy atom. The van der Waals surface area contributed by atoms with Gasteiger partial charge in [-0.3, -0.25) is 18.9 Å². The standard InChI is InChI=1S/C36H34ClN3O7S/c1-21-11-15-30(31(17-21)48(44,45)46)47-29-16-12-24(18-22(29)20-38-32(41)19-37)40-28-14-13-27(39-23-7-3-2-4-8-23)33-34(28)36(43)26-10-6-5-9-25(26)35(33)42/h5-6,9-18,23,39-40H,2-4,7-8,19-20H2,1H3,(H,38,41)(H,44,45,46). The SMILES string of the molecule is Cc1ccc(Oc2ccc(Nc3ccc(NC4CCCCC4)c4c3C(=O)c3ccccc3C4=O)cc2CNC(=O)CCl)c(S(=O)(=O)O)c1. The zero-order chi connectivity index (χ0) is 34.0. The molecule has 4 aromatic carbocycles. The molecule has 248 valence electrons. The van der Waals surface area contributed by atoms with E-state index in [0.717, 1.165) is 25.7 Å². The highest BCUT2D eigenvalue weighted by atomic mass is 35.5. The Balaban J connectivity index is 1.39. The Labute approximate surface area is 283 Å². The number of fused-ring (bicyclic) bond motifs is 2. The van der Waals surface area contributed by atoms with Crippen molar-refractivity contribution in [2.75, 3.05) is 16.5 Å². The number of carbonyl (C=O) groups is 3. The highest BCUT2D eigenvalue weighted by Crippen LogP contribution is 2.40.